The van der Waals surface area contributed by atoms with E-state index in [0.717, 1.165) is 27.4 Å². The van der Waals surface area contributed by atoms with Crippen molar-refractivity contribution in [2.24, 2.45) is 7.05 Å². The van der Waals surface area contributed by atoms with Crippen LogP contribution in [0.2, 0.25) is 0 Å². The van der Waals surface area contributed by atoms with Crippen LogP contribution in [0.4, 0.5) is 11.5 Å². The fourth-order valence-electron chi connectivity index (χ4n) is 3.67. The second-order valence-electron chi connectivity index (χ2n) is 7.23. The van der Waals surface area contributed by atoms with Crippen LogP contribution in [0, 0.1) is 0 Å². The van der Waals surface area contributed by atoms with E-state index in [1.165, 1.54) is 0 Å². The molecule has 1 aromatic carbocycles. The third-order valence-electron chi connectivity index (χ3n) is 5.22. The Balaban J connectivity index is 1.67. The van der Waals surface area contributed by atoms with E-state index in [4.69, 9.17) is 9.72 Å². The molecule has 5 aromatic rings. The van der Waals surface area contributed by atoms with Crippen LogP contribution in [0.1, 0.15) is 0 Å². The van der Waals surface area contributed by atoms with E-state index in [9.17, 15) is 9.90 Å². The van der Waals surface area contributed by atoms with Crippen LogP contribution in [-0.2, 0) is 7.05 Å². The highest BCUT2D eigenvalue weighted by molar-refractivity contribution is 5.96. The van der Waals surface area contributed by atoms with Gasteiger partial charge in [0.2, 0.25) is 0 Å². The lowest BCUT2D eigenvalue weighted by Gasteiger charge is -2.12. The maximum absolute atomic E-state index is 12.6. The number of aromatic amines is 1. The number of pyridine rings is 3. The SMILES string of the molecule is COc1cncc(-c2cc3cc[nH]c(=O)c3c(Nc3ccc4c(O)n(C)cc4c3)n2)c1. The number of nitrogens with zero attached hydrogens (tertiary/aromatic N) is 3. The Morgan fingerprint density at radius 2 is 2.00 bits per heavy atom. The van der Waals surface area contributed by atoms with Gasteiger partial charge in [-0.15, -0.1) is 0 Å². The van der Waals surface area contributed by atoms with Gasteiger partial charge < -0.3 is 24.7 Å². The molecular formula is C23H19N5O3. The first kappa shape index (κ1) is 18.7. The molecule has 0 atom stereocenters. The molecule has 8 heteroatoms. The molecule has 0 unspecified atom stereocenters. The summed E-state index contributed by atoms with van der Waals surface area (Å²) in [4.78, 5) is 24.2. The average molecular weight is 413 g/mol. The second kappa shape index (κ2) is 7.17. The molecule has 0 amide bonds. The molecular weight excluding hydrogens is 394 g/mol. The summed E-state index contributed by atoms with van der Waals surface area (Å²) < 4.78 is 6.93. The number of ether oxygens (including phenoxy) is 1. The van der Waals surface area contributed by atoms with Gasteiger partial charge in [-0.3, -0.25) is 9.78 Å². The van der Waals surface area contributed by atoms with Crippen LogP contribution >= 0.6 is 0 Å². The van der Waals surface area contributed by atoms with Gasteiger partial charge in [0.25, 0.3) is 5.56 Å². The number of nitrogens with one attached hydrogen (secondary N) is 2. The van der Waals surface area contributed by atoms with E-state index in [1.54, 1.807) is 37.3 Å². The lowest BCUT2D eigenvalue weighted by atomic mass is 10.1. The van der Waals surface area contributed by atoms with E-state index in [2.05, 4.69) is 15.3 Å². The van der Waals surface area contributed by atoms with Gasteiger partial charge in [-0.1, -0.05) is 0 Å². The first-order valence-electron chi connectivity index (χ1n) is 9.60. The van der Waals surface area contributed by atoms with Crippen molar-refractivity contribution < 1.29 is 9.84 Å². The van der Waals surface area contributed by atoms with E-state index in [-0.39, 0.29) is 11.4 Å². The molecule has 0 bridgehead atoms. The van der Waals surface area contributed by atoms with E-state index < -0.39 is 0 Å². The van der Waals surface area contributed by atoms with Crippen molar-refractivity contribution in [1.29, 1.82) is 0 Å². The van der Waals surface area contributed by atoms with Crippen LogP contribution in [0.15, 0.2) is 66.0 Å². The molecule has 0 radical (unpaired) electrons. The molecule has 4 heterocycles. The monoisotopic (exact) mass is 413 g/mol. The summed E-state index contributed by atoms with van der Waals surface area (Å²) in [7, 11) is 3.36. The Labute approximate surface area is 176 Å². The number of aromatic nitrogens is 4. The molecule has 0 saturated carbocycles. The molecule has 0 aliphatic rings. The van der Waals surface area contributed by atoms with Gasteiger partial charge in [-0.05, 0) is 41.8 Å². The van der Waals surface area contributed by atoms with Gasteiger partial charge >= 0.3 is 0 Å². The van der Waals surface area contributed by atoms with Crippen LogP contribution in [0.5, 0.6) is 11.6 Å². The highest BCUT2D eigenvalue weighted by Gasteiger charge is 2.13. The lowest BCUT2D eigenvalue weighted by molar-refractivity contribution is 0.413. The minimum Gasteiger partial charge on any atom is -0.495 e. The summed E-state index contributed by atoms with van der Waals surface area (Å²) in [5, 5.41) is 16.2. The predicted octanol–water partition coefficient (Wildman–Crippen LogP) is 3.93. The largest absolute Gasteiger partial charge is 0.495 e. The number of benzene rings is 1. The van der Waals surface area contributed by atoms with Gasteiger partial charge in [0.05, 0.1) is 24.4 Å². The second-order valence-corrected chi connectivity index (χ2v) is 7.23. The standard InChI is InChI=1S/C23H19N5O3/c1-28-12-15-7-16(3-4-18(15)23(28)30)26-21-20-13(5-6-25-22(20)29)9-19(27-21)14-8-17(31-2)11-24-10-14/h3-12,30H,1-2H3,(H,25,29)(H,26,27). The molecule has 3 N–H and O–H groups in total. The summed E-state index contributed by atoms with van der Waals surface area (Å²) in [5.74, 6) is 1.25. The quantitative estimate of drug-likeness (QED) is 0.412. The summed E-state index contributed by atoms with van der Waals surface area (Å²) in [6.45, 7) is 0. The highest BCUT2D eigenvalue weighted by atomic mass is 16.5. The van der Waals surface area contributed by atoms with Crippen molar-refractivity contribution >= 4 is 33.1 Å². The normalized spacial score (nSPS) is 11.2. The number of methoxy groups -OCH3 is 1. The minimum absolute atomic E-state index is 0.203. The number of aryl methyl sites for hydroxylation is 1. The molecule has 5 rings (SSSR count). The summed E-state index contributed by atoms with van der Waals surface area (Å²) in [6.07, 6.45) is 6.78. The zero-order valence-corrected chi connectivity index (χ0v) is 16.9. The summed E-state index contributed by atoms with van der Waals surface area (Å²) in [5.41, 5.74) is 1.94. The number of hydrogen-bond donors (Lipinski definition) is 3. The molecule has 154 valence electrons. The molecule has 0 fully saturated rings. The molecule has 0 spiro atoms. The van der Waals surface area contributed by atoms with Crippen LogP contribution < -0.4 is 15.6 Å². The fourth-order valence-corrected chi connectivity index (χ4v) is 3.67. The molecule has 4 aromatic heterocycles. The Kier molecular flexibility index (Phi) is 4.32. The van der Waals surface area contributed by atoms with Crippen LogP contribution in [0.3, 0.4) is 0 Å². The number of fused-ring (bicyclic) bond motifs is 2. The van der Waals surface area contributed by atoms with E-state index in [1.807, 2.05) is 42.6 Å². The third-order valence-corrected chi connectivity index (χ3v) is 5.22. The van der Waals surface area contributed by atoms with Gasteiger partial charge in [-0.25, -0.2) is 4.98 Å². The molecule has 31 heavy (non-hydrogen) atoms. The number of H-pyrrole nitrogens is 1. The molecule has 0 aliphatic heterocycles. The van der Waals surface area contributed by atoms with Crippen molar-refractivity contribution in [3.05, 3.63) is 71.5 Å². The summed E-state index contributed by atoms with van der Waals surface area (Å²) in [6, 6.07) is 11.1. The van der Waals surface area contributed by atoms with Gasteiger partial charge in [0.1, 0.15) is 11.6 Å². The molecule has 0 aliphatic carbocycles. The summed E-state index contributed by atoms with van der Waals surface area (Å²) >= 11 is 0. The number of rotatable bonds is 4. The Hall–Kier alpha value is -4.33. The van der Waals surface area contributed by atoms with Gasteiger partial charge in [0, 0.05) is 47.7 Å². The average Bonchev–Trinajstić information content (AvgIpc) is 3.06. The zero-order valence-electron chi connectivity index (χ0n) is 16.9. The van der Waals surface area contributed by atoms with Crippen molar-refractivity contribution in [3.8, 4) is 22.9 Å². The maximum atomic E-state index is 12.6. The van der Waals surface area contributed by atoms with Crippen LogP contribution in [0.25, 0.3) is 32.8 Å². The first-order chi connectivity index (χ1) is 15.0. The Morgan fingerprint density at radius 3 is 2.84 bits per heavy atom. The third kappa shape index (κ3) is 3.24. The number of anilines is 2. The van der Waals surface area contributed by atoms with Gasteiger partial charge in [-0.2, -0.15) is 0 Å². The maximum Gasteiger partial charge on any atom is 0.259 e. The molecule has 8 nitrogen and oxygen atoms in total. The minimum atomic E-state index is -0.235. The van der Waals surface area contributed by atoms with E-state index >= 15 is 0 Å². The first-order valence-corrected chi connectivity index (χ1v) is 9.60. The zero-order chi connectivity index (χ0) is 21.5. The fraction of sp³-hybridized carbons (Fsp3) is 0.0870. The van der Waals surface area contributed by atoms with E-state index in [0.29, 0.717) is 22.6 Å². The smallest absolute Gasteiger partial charge is 0.259 e. The lowest BCUT2D eigenvalue weighted by Crippen LogP contribution is -2.09. The topological polar surface area (TPSA) is 105 Å². The van der Waals surface area contributed by atoms with Crippen molar-refractivity contribution in [2.45, 2.75) is 0 Å². The number of hydrogen-bond acceptors (Lipinski definition) is 6. The van der Waals surface area contributed by atoms with Crippen molar-refractivity contribution in [2.75, 3.05) is 12.4 Å². The Bertz CT molecular complexity index is 1500. The number of aromatic hydroxyl groups is 1. The molecule has 0 saturated heterocycles. The van der Waals surface area contributed by atoms with Crippen molar-refractivity contribution in [3.63, 3.8) is 0 Å². The van der Waals surface area contributed by atoms with Crippen LogP contribution in [-0.4, -0.2) is 31.7 Å². The highest BCUT2D eigenvalue weighted by Crippen LogP contribution is 2.32. The van der Waals surface area contributed by atoms with Crippen molar-refractivity contribution in [1.82, 2.24) is 19.5 Å². The predicted molar refractivity (Wildman–Crippen MR) is 120 cm³/mol. The van der Waals surface area contributed by atoms with Gasteiger partial charge in [0.15, 0.2) is 5.88 Å². The Morgan fingerprint density at radius 1 is 1.13 bits per heavy atom.